The summed E-state index contributed by atoms with van der Waals surface area (Å²) in [4.78, 5) is 16.8. The van der Waals surface area contributed by atoms with Crippen LogP contribution in [0.1, 0.15) is 5.56 Å². The lowest BCUT2D eigenvalue weighted by Crippen LogP contribution is -2.21. The number of alkyl halides is 3. The highest BCUT2D eigenvalue weighted by molar-refractivity contribution is 9.10. The molecule has 0 saturated carbocycles. The first-order valence-electron chi connectivity index (χ1n) is 7.25. The molecule has 2 aromatic carbocycles. The first-order valence-corrected chi connectivity index (χ1v) is 8.04. The highest BCUT2D eigenvalue weighted by Gasteiger charge is 2.28. The van der Waals surface area contributed by atoms with Crippen LogP contribution in [0.15, 0.2) is 58.1 Å². The van der Waals surface area contributed by atoms with E-state index >= 15 is 0 Å². The predicted molar refractivity (Wildman–Crippen MR) is 90.8 cm³/mol. The molecule has 0 aliphatic rings. The number of nitrogens with zero attached hydrogens (tertiary/aromatic N) is 2. The number of aromatic nitrogens is 2. The van der Waals surface area contributed by atoms with Gasteiger partial charge >= 0.3 is 6.18 Å². The summed E-state index contributed by atoms with van der Waals surface area (Å²) >= 11 is 3.32. The molecule has 3 aromatic rings. The zero-order chi connectivity index (χ0) is 18.0. The first-order chi connectivity index (χ1) is 11.8. The Balaban J connectivity index is 1.79. The number of benzene rings is 2. The fourth-order valence-corrected chi connectivity index (χ4v) is 2.66. The molecule has 0 amide bonds. The van der Waals surface area contributed by atoms with Gasteiger partial charge in [-0.3, -0.25) is 9.36 Å². The van der Waals surface area contributed by atoms with Crippen LogP contribution in [-0.4, -0.2) is 22.3 Å². The second kappa shape index (κ2) is 6.87. The van der Waals surface area contributed by atoms with E-state index in [1.165, 1.54) is 23.0 Å². The summed E-state index contributed by atoms with van der Waals surface area (Å²) < 4.78 is 43.3. The molecule has 0 N–H and O–H groups in total. The summed E-state index contributed by atoms with van der Waals surface area (Å²) in [6.07, 6.45) is -2.93. The van der Waals surface area contributed by atoms with Gasteiger partial charge < -0.3 is 4.74 Å². The molecule has 25 heavy (non-hydrogen) atoms. The van der Waals surface area contributed by atoms with E-state index < -0.39 is 12.8 Å². The van der Waals surface area contributed by atoms with Crippen molar-refractivity contribution in [2.45, 2.75) is 12.7 Å². The van der Waals surface area contributed by atoms with E-state index in [-0.39, 0.29) is 17.9 Å². The lowest BCUT2D eigenvalue weighted by molar-refractivity contribution is -0.153. The van der Waals surface area contributed by atoms with E-state index in [4.69, 9.17) is 0 Å². The Hall–Kier alpha value is -2.35. The smallest absolute Gasteiger partial charge is 0.422 e. The monoisotopic (exact) mass is 412 g/mol. The van der Waals surface area contributed by atoms with Crippen molar-refractivity contribution in [2.75, 3.05) is 6.61 Å². The van der Waals surface area contributed by atoms with Gasteiger partial charge in [-0.25, -0.2) is 4.98 Å². The zero-order valence-corrected chi connectivity index (χ0v) is 14.3. The quantitative estimate of drug-likeness (QED) is 0.646. The minimum atomic E-state index is -4.38. The molecule has 1 aromatic heterocycles. The molecule has 0 aliphatic heterocycles. The van der Waals surface area contributed by atoms with Crippen molar-refractivity contribution in [2.24, 2.45) is 0 Å². The van der Waals surface area contributed by atoms with E-state index in [9.17, 15) is 18.0 Å². The summed E-state index contributed by atoms with van der Waals surface area (Å²) in [6, 6.07) is 11.4. The Kier molecular flexibility index (Phi) is 4.80. The normalized spacial score (nSPS) is 11.7. The molecule has 3 rings (SSSR count). The first kappa shape index (κ1) is 17.5. The summed E-state index contributed by atoms with van der Waals surface area (Å²) in [6.45, 7) is -1.08. The fourth-order valence-electron chi connectivity index (χ4n) is 2.30. The molecule has 0 atom stereocenters. The standard InChI is InChI=1S/C17H12BrF3N2O2/c18-12-3-6-15-14(7-12)16(24)23(10-22-15)8-11-1-4-13(5-2-11)25-9-17(19,20)21/h1-7,10H,8-9H2. The molecule has 0 saturated heterocycles. The van der Waals surface area contributed by atoms with Crippen LogP contribution in [0, 0.1) is 0 Å². The van der Waals surface area contributed by atoms with Gasteiger partial charge in [-0.2, -0.15) is 13.2 Å². The van der Waals surface area contributed by atoms with Crippen molar-refractivity contribution in [1.82, 2.24) is 9.55 Å². The Morgan fingerprint density at radius 2 is 1.84 bits per heavy atom. The molecule has 0 bridgehead atoms. The van der Waals surface area contributed by atoms with Gasteiger partial charge in [0.15, 0.2) is 6.61 Å². The summed E-state index contributed by atoms with van der Waals surface area (Å²) in [7, 11) is 0. The molecule has 1 heterocycles. The van der Waals surface area contributed by atoms with Gasteiger partial charge in [0.25, 0.3) is 5.56 Å². The SMILES string of the molecule is O=c1c2cc(Br)ccc2ncn1Cc1ccc(OCC(F)(F)F)cc1. The molecule has 4 nitrogen and oxygen atoms in total. The third-order valence-corrected chi connectivity index (χ3v) is 3.96. The number of fused-ring (bicyclic) bond motifs is 1. The molecule has 130 valence electrons. The fraction of sp³-hybridized carbons (Fsp3) is 0.176. The van der Waals surface area contributed by atoms with E-state index in [0.29, 0.717) is 10.9 Å². The van der Waals surface area contributed by atoms with Crippen LogP contribution in [0.4, 0.5) is 13.2 Å². The second-order valence-electron chi connectivity index (χ2n) is 5.39. The van der Waals surface area contributed by atoms with E-state index in [2.05, 4.69) is 25.7 Å². The minimum absolute atomic E-state index is 0.119. The Morgan fingerprint density at radius 1 is 1.12 bits per heavy atom. The summed E-state index contributed by atoms with van der Waals surface area (Å²) in [5, 5.41) is 0.488. The Morgan fingerprint density at radius 3 is 2.52 bits per heavy atom. The maximum absolute atomic E-state index is 12.5. The molecule has 0 fully saturated rings. The van der Waals surface area contributed by atoms with Crippen molar-refractivity contribution >= 4 is 26.8 Å². The highest BCUT2D eigenvalue weighted by atomic mass is 79.9. The van der Waals surface area contributed by atoms with Crippen molar-refractivity contribution in [3.63, 3.8) is 0 Å². The molecule has 0 radical (unpaired) electrons. The van der Waals surface area contributed by atoms with Gasteiger partial charge in [0.1, 0.15) is 5.75 Å². The van der Waals surface area contributed by atoms with Crippen molar-refractivity contribution < 1.29 is 17.9 Å². The highest BCUT2D eigenvalue weighted by Crippen LogP contribution is 2.19. The third kappa shape index (κ3) is 4.39. The molecule has 0 spiro atoms. The second-order valence-corrected chi connectivity index (χ2v) is 6.30. The number of ether oxygens (including phenoxy) is 1. The predicted octanol–water partition coefficient (Wildman–Crippen LogP) is 4.15. The van der Waals surface area contributed by atoms with Gasteiger partial charge in [-0.05, 0) is 35.9 Å². The van der Waals surface area contributed by atoms with Gasteiger partial charge in [0.2, 0.25) is 0 Å². The maximum atomic E-state index is 12.5. The summed E-state index contributed by atoms with van der Waals surface area (Å²) in [5.41, 5.74) is 1.15. The molecule has 8 heteroatoms. The van der Waals surface area contributed by atoms with Gasteiger partial charge in [-0.1, -0.05) is 28.1 Å². The van der Waals surface area contributed by atoms with Crippen molar-refractivity contribution in [1.29, 1.82) is 0 Å². The van der Waals surface area contributed by atoms with Gasteiger partial charge in [0, 0.05) is 4.47 Å². The van der Waals surface area contributed by atoms with Crippen LogP contribution in [0.3, 0.4) is 0 Å². The van der Waals surface area contributed by atoms with E-state index in [0.717, 1.165) is 10.0 Å². The Labute approximate surface area is 149 Å². The number of rotatable bonds is 4. The number of hydrogen-bond donors (Lipinski definition) is 0. The van der Waals surface area contributed by atoms with Crippen LogP contribution in [0.25, 0.3) is 10.9 Å². The number of hydrogen-bond acceptors (Lipinski definition) is 3. The van der Waals surface area contributed by atoms with Crippen LogP contribution < -0.4 is 10.3 Å². The van der Waals surface area contributed by atoms with Crippen LogP contribution in [0.5, 0.6) is 5.75 Å². The van der Waals surface area contributed by atoms with Gasteiger partial charge in [-0.15, -0.1) is 0 Å². The van der Waals surface area contributed by atoms with Crippen molar-refractivity contribution in [3.05, 3.63) is 69.2 Å². The topological polar surface area (TPSA) is 44.1 Å². The number of halogens is 4. The molecule has 0 unspecified atom stereocenters. The van der Waals surface area contributed by atoms with Crippen LogP contribution in [0.2, 0.25) is 0 Å². The lowest BCUT2D eigenvalue weighted by atomic mass is 10.2. The largest absolute Gasteiger partial charge is 0.484 e. The lowest BCUT2D eigenvalue weighted by Gasteiger charge is -2.10. The maximum Gasteiger partial charge on any atom is 0.422 e. The van der Waals surface area contributed by atoms with E-state index in [1.54, 1.807) is 30.3 Å². The molecular formula is C17H12BrF3N2O2. The van der Waals surface area contributed by atoms with Gasteiger partial charge in [0.05, 0.1) is 23.8 Å². The van der Waals surface area contributed by atoms with Crippen molar-refractivity contribution in [3.8, 4) is 5.75 Å². The average Bonchev–Trinajstić information content (AvgIpc) is 2.56. The van der Waals surface area contributed by atoms with E-state index in [1.807, 2.05) is 0 Å². The minimum Gasteiger partial charge on any atom is -0.484 e. The average molecular weight is 413 g/mol. The molecular weight excluding hydrogens is 401 g/mol. The third-order valence-electron chi connectivity index (χ3n) is 3.46. The Bertz CT molecular complexity index is 953. The zero-order valence-electron chi connectivity index (χ0n) is 12.8. The van der Waals surface area contributed by atoms with Crippen LogP contribution >= 0.6 is 15.9 Å². The van der Waals surface area contributed by atoms with Crippen LogP contribution in [-0.2, 0) is 6.54 Å². The summed E-state index contributed by atoms with van der Waals surface area (Å²) in [5.74, 6) is 0.119. The molecule has 0 aliphatic carbocycles.